The Morgan fingerprint density at radius 3 is 2.58 bits per heavy atom. The van der Waals surface area contributed by atoms with Crippen LogP contribution in [-0.4, -0.2) is 48.6 Å². The Morgan fingerprint density at radius 1 is 1.32 bits per heavy atom. The topological polar surface area (TPSA) is 58.6 Å². The minimum atomic E-state index is -0.741. The fourth-order valence-electron chi connectivity index (χ4n) is 2.60. The van der Waals surface area contributed by atoms with Crippen molar-refractivity contribution in [2.75, 3.05) is 20.3 Å². The van der Waals surface area contributed by atoms with Crippen molar-refractivity contribution in [3.8, 4) is 0 Å². The molecule has 0 aromatic carbocycles. The molecule has 5 nitrogen and oxygen atoms in total. The summed E-state index contributed by atoms with van der Waals surface area (Å²) >= 11 is 0. The highest BCUT2D eigenvalue weighted by molar-refractivity contribution is 5.99. The van der Waals surface area contributed by atoms with E-state index in [1.54, 1.807) is 12.0 Å². The molecule has 108 valence electrons. The van der Waals surface area contributed by atoms with E-state index in [2.05, 4.69) is 5.32 Å². The minimum Gasteiger partial charge on any atom is -0.385 e. The van der Waals surface area contributed by atoms with Crippen LogP contribution in [0.5, 0.6) is 0 Å². The van der Waals surface area contributed by atoms with Crippen molar-refractivity contribution in [2.45, 2.75) is 51.1 Å². The number of nitrogens with zero attached hydrogens (tertiary/aromatic N) is 1. The first kappa shape index (κ1) is 14.3. The summed E-state index contributed by atoms with van der Waals surface area (Å²) in [5, 5.41) is 2.90. The summed E-state index contributed by atoms with van der Waals surface area (Å²) < 4.78 is 5.02. The third-order valence-electron chi connectivity index (χ3n) is 4.12. The molecular weight excluding hydrogens is 244 g/mol. The zero-order chi connectivity index (χ0) is 14.0. The van der Waals surface area contributed by atoms with Gasteiger partial charge in [0.2, 0.25) is 11.8 Å². The average molecular weight is 268 g/mol. The Balaban J connectivity index is 2.01. The second kappa shape index (κ2) is 5.49. The minimum absolute atomic E-state index is 0.0317. The van der Waals surface area contributed by atoms with Crippen molar-refractivity contribution >= 4 is 11.8 Å². The number of hydrogen-bond acceptors (Lipinski definition) is 3. The molecule has 2 amide bonds. The molecule has 0 spiro atoms. The molecule has 1 heterocycles. The van der Waals surface area contributed by atoms with E-state index >= 15 is 0 Å². The van der Waals surface area contributed by atoms with Crippen LogP contribution in [-0.2, 0) is 14.3 Å². The van der Waals surface area contributed by atoms with E-state index in [9.17, 15) is 9.59 Å². The highest BCUT2D eigenvalue weighted by Gasteiger charge is 2.50. The summed E-state index contributed by atoms with van der Waals surface area (Å²) in [4.78, 5) is 26.4. The number of nitrogens with one attached hydrogen (secondary N) is 1. The average Bonchev–Trinajstić information content (AvgIpc) is 3.17. The SMILES string of the molecule is COCCCCN1C(=O)C(C2CC2)NC(=O)C1(C)C. The van der Waals surface area contributed by atoms with Crippen LogP contribution in [0.4, 0.5) is 0 Å². The Kier molecular flexibility index (Phi) is 4.13. The van der Waals surface area contributed by atoms with Crippen LogP contribution in [0.1, 0.15) is 39.5 Å². The van der Waals surface area contributed by atoms with Gasteiger partial charge in [0.05, 0.1) is 0 Å². The molecule has 2 aliphatic rings. The molecule has 1 N–H and O–H groups in total. The molecule has 2 fully saturated rings. The third-order valence-corrected chi connectivity index (χ3v) is 4.12. The highest BCUT2D eigenvalue weighted by Crippen LogP contribution is 2.36. The van der Waals surface area contributed by atoms with Gasteiger partial charge in [-0.05, 0) is 45.4 Å². The number of rotatable bonds is 6. The van der Waals surface area contributed by atoms with E-state index in [1.807, 2.05) is 13.8 Å². The van der Waals surface area contributed by atoms with Crippen LogP contribution in [0.3, 0.4) is 0 Å². The molecule has 0 bridgehead atoms. The summed E-state index contributed by atoms with van der Waals surface area (Å²) in [6.07, 6.45) is 3.88. The maximum absolute atomic E-state index is 12.5. The van der Waals surface area contributed by atoms with Gasteiger partial charge in [0, 0.05) is 20.3 Å². The van der Waals surface area contributed by atoms with Gasteiger partial charge in [-0.25, -0.2) is 0 Å². The molecule has 1 saturated carbocycles. The quantitative estimate of drug-likeness (QED) is 0.729. The lowest BCUT2D eigenvalue weighted by Crippen LogP contribution is -2.68. The van der Waals surface area contributed by atoms with Gasteiger partial charge in [0.25, 0.3) is 0 Å². The molecule has 1 saturated heterocycles. The number of hydrogen-bond donors (Lipinski definition) is 1. The maximum atomic E-state index is 12.5. The molecule has 5 heteroatoms. The van der Waals surface area contributed by atoms with Gasteiger partial charge >= 0.3 is 0 Å². The lowest BCUT2D eigenvalue weighted by molar-refractivity contribution is -0.156. The summed E-state index contributed by atoms with van der Waals surface area (Å²) in [7, 11) is 1.67. The van der Waals surface area contributed by atoms with Crippen LogP contribution in [0.15, 0.2) is 0 Å². The largest absolute Gasteiger partial charge is 0.385 e. The van der Waals surface area contributed by atoms with E-state index in [0.717, 1.165) is 25.7 Å². The molecule has 1 aliphatic heterocycles. The first-order valence-electron chi connectivity index (χ1n) is 7.10. The van der Waals surface area contributed by atoms with Crippen molar-refractivity contribution in [3.05, 3.63) is 0 Å². The molecule has 19 heavy (non-hydrogen) atoms. The van der Waals surface area contributed by atoms with Gasteiger partial charge < -0.3 is 15.0 Å². The summed E-state index contributed by atoms with van der Waals surface area (Å²) in [6.45, 7) is 4.96. The first-order valence-corrected chi connectivity index (χ1v) is 7.10. The van der Waals surface area contributed by atoms with Crippen LogP contribution < -0.4 is 5.32 Å². The highest BCUT2D eigenvalue weighted by atomic mass is 16.5. The predicted molar refractivity (Wildman–Crippen MR) is 71.6 cm³/mol. The molecule has 1 atom stereocenters. The Morgan fingerprint density at radius 2 is 2.00 bits per heavy atom. The van der Waals surface area contributed by atoms with Crippen molar-refractivity contribution in [1.82, 2.24) is 10.2 Å². The Labute approximate surface area is 114 Å². The van der Waals surface area contributed by atoms with Gasteiger partial charge in [-0.15, -0.1) is 0 Å². The van der Waals surface area contributed by atoms with Gasteiger partial charge in [-0.1, -0.05) is 0 Å². The molecule has 2 rings (SSSR count). The second-order valence-electron chi connectivity index (χ2n) is 6.04. The number of ether oxygens (including phenoxy) is 1. The number of methoxy groups -OCH3 is 1. The van der Waals surface area contributed by atoms with Crippen LogP contribution >= 0.6 is 0 Å². The van der Waals surface area contributed by atoms with E-state index < -0.39 is 5.54 Å². The maximum Gasteiger partial charge on any atom is 0.246 e. The zero-order valence-corrected chi connectivity index (χ0v) is 12.1. The van der Waals surface area contributed by atoms with E-state index in [1.165, 1.54) is 0 Å². The summed E-state index contributed by atoms with van der Waals surface area (Å²) in [5.74, 6) is 0.411. The summed E-state index contributed by atoms with van der Waals surface area (Å²) in [6, 6.07) is -0.289. The zero-order valence-electron chi connectivity index (χ0n) is 12.1. The molecular formula is C14H24N2O3. The summed E-state index contributed by atoms with van der Waals surface area (Å²) in [5.41, 5.74) is -0.741. The number of carbonyl (C=O) groups excluding carboxylic acids is 2. The number of amides is 2. The van der Waals surface area contributed by atoms with Gasteiger partial charge in [0.1, 0.15) is 11.6 Å². The van der Waals surface area contributed by atoms with Gasteiger partial charge in [-0.3, -0.25) is 9.59 Å². The second-order valence-corrected chi connectivity index (χ2v) is 6.04. The number of piperazine rings is 1. The van der Waals surface area contributed by atoms with Crippen molar-refractivity contribution < 1.29 is 14.3 Å². The normalized spacial score (nSPS) is 26.5. The molecule has 1 aliphatic carbocycles. The standard InChI is InChI=1S/C14H24N2O3/c1-14(2)13(18)15-11(10-6-7-10)12(17)16(14)8-4-5-9-19-3/h10-11H,4-9H2,1-3H3,(H,15,18). The van der Waals surface area contributed by atoms with Gasteiger partial charge in [-0.2, -0.15) is 0 Å². The number of carbonyl (C=O) groups is 2. The molecule has 0 radical (unpaired) electrons. The van der Waals surface area contributed by atoms with Gasteiger partial charge in [0.15, 0.2) is 0 Å². The van der Waals surface area contributed by atoms with Crippen molar-refractivity contribution in [3.63, 3.8) is 0 Å². The lowest BCUT2D eigenvalue weighted by Gasteiger charge is -2.44. The molecule has 0 aromatic heterocycles. The predicted octanol–water partition coefficient (Wildman–Crippen LogP) is 0.929. The van der Waals surface area contributed by atoms with Crippen LogP contribution in [0.25, 0.3) is 0 Å². The smallest absolute Gasteiger partial charge is 0.246 e. The van der Waals surface area contributed by atoms with E-state index in [-0.39, 0.29) is 17.9 Å². The Bertz CT molecular complexity index is 364. The van der Waals surface area contributed by atoms with Crippen molar-refractivity contribution in [2.24, 2.45) is 5.92 Å². The lowest BCUT2D eigenvalue weighted by atomic mass is 9.93. The first-order chi connectivity index (χ1) is 8.98. The molecule has 1 unspecified atom stereocenters. The monoisotopic (exact) mass is 268 g/mol. The third kappa shape index (κ3) is 2.91. The molecule has 0 aromatic rings. The van der Waals surface area contributed by atoms with Crippen molar-refractivity contribution in [1.29, 1.82) is 0 Å². The van der Waals surface area contributed by atoms with E-state index in [0.29, 0.717) is 19.1 Å². The Hall–Kier alpha value is -1.10. The number of unbranched alkanes of at least 4 members (excludes halogenated alkanes) is 1. The van der Waals surface area contributed by atoms with E-state index in [4.69, 9.17) is 4.74 Å². The fourth-order valence-corrected chi connectivity index (χ4v) is 2.60. The fraction of sp³-hybridized carbons (Fsp3) is 0.857. The van der Waals surface area contributed by atoms with Crippen LogP contribution in [0.2, 0.25) is 0 Å². The van der Waals surface area contributed by atoms with Crippen LogP contribution in [0, 0.1) is 5.92 Å².